The summed E-state index contributed by atoms with van der Waals surface area (Å²) in [5.74, 6) is 0. The number of likely N-dealkylation sites (N-methyl/N-ethyl adjacent to an activating group) is 1. The Labute approximate surface area is 158 Å². The quantitative estimate of drug-likeness (QED) is 0.581. The van der Waals surface area contributed by atoms with Crippen molar-refractivity contribution >= 4 is 33.0 Å². The largest absolute Gasteiger partial charge is 0.395 e. The van der Waals surface area contributed by atoms with E-state index < -0.39 is 9.84 Å². The Balaban J connectivity index is 2.10. The summed E-state index contributed by atoms with van der Waals surface area (Å²) < 4.78 is 22.9. The van der Waals surface area contributed by atoms with E-state index in [1.54, 1.807) is 30.3 Å². The van der Waals surface area contributed by atoms with Crippen LogP contribution in [0.3, 0.4) is 0 Å². The summed E-state index contributed by atoms with van der Waals surface area (Å²) in [5.41, 5.74) is 2.85. The first-order valence-electron chi connectivity index (χ1n) is 8.09. The van der Waals surface area contributed by atoms with Gasteiger partial charge < -0.3 is 10.0 Å². The van der Waals surface area contributed by atoms with E-state index in [4.69, 9.17) is 10.4 Å². The molecule has 2 aromatic carbocycles. The minimum Gasteiger partial charge on any atom is -0.395 e. The van der Waals surface area contributed by atoms with E-state index >= 15 is 0 Å². The van der Waals surface area contributed by atoms with E-state index in [0.29, 0.717) is 23.5 Å². The molecular formula is C19H20N4O3S. The van der Waals surface area contributed by atoms with Gasteiger partial charge in [-0.1, -0.05) is 12.1 Å². The van der Waals surface area contributed by atoms with Crippen LogP contribution in [0.25, 0.3) is 6.08 Å². The molecule has 2 rings (SSSR count). The first-order valence-corrected chi connectivity index (χ1v) is 9.98. The topological polar surface area (TPSA) is 106 Å². The molecule has 7 nitrogen and oxygen atoms in total. The summed E-state index contributed by atoms with van der Waals surface area (Å²) in [6, 6.07) is 15.9. The normalized spacial score (nSPS) is 12.1. The Morgan fingerprint density at radius 1 is 1.11 bits per heavy atom. The Morgan fingerprint density at radius 2 is 1.63 bits per heavy atom. The van der Waals surface area contributed by atoms with Crippen LogP contribution in [-0.2, 0) is 9.84 Å². The first-order chi connectivity index (χ1) is 12.8. The highest BCUT2D eigenvalue weighted by atomic mass is 32.2. The number of azo groups is 1. The standard InChI is InChI=1S/C19H20N4O3S/c1-23(11-12-24)18-9-7-17(8-10-18)22-21-16-5-3-15(4-6-16)13-19(14-20)27(2,25)26/h3-10,13,24H,11-12H2,1-2H3. The summed E-state index contributed by atoms with van der Waals surface area (Å²) in [6.45, 7) is 0.637. The number of hydrogen-bond acceptors (Lipinski definition) is 7. The summed E-state index contributed by atoms with van der Waals surface area (Å²) in [5, 5.41) is 26.2. The Bertz CT molecular complexity index is 973. The monoisotopic (exact) mass is 384 g/mol. The van der Waals surface area contributed by atoms with Gasteiger partial charge in [-0.05, 0) is 48.0 Å². The molecule has 0 aliphatic rings. The van der Waals surface area contributed by atoms with Crippen molar-refractivity contribution in [3.63, 3.8) is 0 Å². The zero-order chi connectivity index (χ0) is 19.9. The maximum atomic E-state index is 11.5. The molecule has 0 fully saturated rings. The van der Waals surface area contributed by atoms with Crippen LogP contribution in [0.15, 0.2) is 63.7 Å². The van der Waals surface area contributed by atoms with Crippen LogP contribution < -0.4 is 4.90 Å². The van der Waals surface area contributed by atoms with Crippen molar-refractivity contribution in [2.45, 2.75) is 0 Å². The van der Waals surface area contributed by atoms with Crippen LogP contribution in [0, 0.1) is 11.3 Å². The number of hydrogen-bond donors (Lipinski definition) is 1. The second-order valence-corrected chi connectivity index (χ2v) is 7.83. The molecule has 0 radical (unpaired) electrons. The minimum absolute atomic E-state index is 0.0865. The summed E-state index contributed by atoms with van der Waals surface area (Å²) in [4.78, 5) is 1.64. The molecule has 0 aromatic heterocycles. The molecule has 2 aromatic rings. The number of aliphatic hydroxyl groups excluding tert-OH is 1. The molecular weight excluding hydrogens is 364 g/mol. The number of sulfone groups is 1. The third-order valence-electron chi connectivity index (χ3n) is 3.71. The molecule has 0 aliphatic carbocycles. The molecule has 0 saturated heterocycles. The number of aliphatic hydroxyl groups is 1. The highest BCUT2D eigenvalue weighted by Gasteiger charge is 2.10. The fourth-order valence-electron chi connectivity index (χ4n) is 2.18. The maximum Gasteiger partial charge on any atom is 0.185 e. The van der Waals surface area contributed by atoms with Crippen LogP contribution in [-0.4, -0.2) is 40.0 Å². The molecule has 8 heteroatoms. The van der Waals surface area contributed by atoms with Crippen molar-refractivity contribution in [3.8, 4) is 6.07 Å². The SMILES string of the molecule is CN(CCO)c1ccc(N=Nc2ccc(C=C(C#N)S(C)(=O)=O)cc2)cc1. The van der Waals surface area contributed by atoms with Crippen molar-refractivity contribution in [2.24, 2.45) is 10.2 Å². The van der Waals surface area contributed by atoms with E-state index in [1.807, 2.05) is 36.2 Å². The van der Waals surface area contributed by atoms with Gasteiger partial charge in [0.1, 0.15) is 11.0 Å². The zero-order valence-electron chi connectivity index (χ0n) is 15.1. The van der Waals surface area contributed by atoms with Crippen LogP contribution in [0.2, 0.25) is 0 Å². The van der Waals surface area contributed by atoms with Crippen LogP contribution >= 0.6 is 0 Å². The third kappa shape index (κ3) is 6.02. The zero-order valence-corrected chi connectivity index (χ0v) is 15.9. The highest BCUT2D eigenvalue weighted by molar-refractivity contribution is 7.95. The number of rotatable bonds is 7. The number of allylic oxidation sites excluding steroid dienone is 1. The third-order valence-corrected chi connectivity index (χ3v) is 4.72. The molecule has 0 bridgehead atoms. The van der Waals surface area contributed by atoms with Crippen LogP contribution in [0.5, 0.6) is 0 Å². The number of nitriles is 1. The lowest BCUT2D eigenvalue weighted by Crippen LogP contribution is -2.20. The van der Waals surface area contributed by atoms with Gasteiger partial charge in [0.05, 0.1) is 18.0 Å². The predicted octanol–water partition coefficient (Wildman–Crippen LogP) is 3.44. The maximum absolute atomic E-state index is 11.5. The molecule has 0 saturated carbocycles. The van der Waals surface area contributed by atoms with E-state index in [0.717, 1.165) is 11.9 Å². The van der Waals surface area contributed by atoms with Gasteiger partial charge in [-0.2, -0.15) is 15.5 Å². The Morgan fingerprint density at radius 3 is 2.07 bits per heavy atom. The lowest BCUT2D eigenvalue weighted by Gasteiger charge is -2.17. The van der Waals surface area contributed by atoms with Crippen molar-refractivity contribution in [2.75, 3.05) is 31.4 Å². The van der Waals surface area contributed by atoms with Gasteiger partial charge in [0, 0.05) is 25.5 Å². The fraction of sp³-hybridized carbons (Fsp3) is 0.211. The molecule has 140 valence electrons. The molecule has 0 atom stereocenters. The number of benzene rings is 2. The first kappa shape index (κ1) is 20.3. The van der Waals surface area contributed by atoms with Gasteiger partial charge >= 0.3 is 0 Å². The van der Waals surface area contributed by atoms with Gasteiger partial charge in [-0.25, -0.2) is 8.42 Å². The summed E-state index contributed by atoms with van der Waals surface area (Å²) >= 11 is 0. The lowest BCUT2D eigenvalue weighted by molar-refractivity contribution is 0.304. The van der Waals surface area contributed by atoms with Crippen LogP contribution in [0.1, 0.15) is 5.56 Å². The second-order valence-electron chi connectivity index (χ2n) is 5.85. The lowest BCUT2D eigenvalue weighted by atomic mass is 10.2. The second kappa shape index (κ2) is 9.07. The Kier molecular flexibility index (Phi) is 6.82. The molecule has 27 heavy (non-hydrogen) atoms. The van der Waals surface area contributed by atoms with Gasteiger partial charge in [-0.15, -0.1) is 0 Å². The fourth-order valence-corrected chi connectivity index (χ4v) is 2.70. The van der Waals surface area contributed by atoms with Gasteiger partial charge in [0.25, 0.3) is 0 Å². The van der Waals surface area contributed by atoms with Crippen LogP contribution in [0.4, 0.5) is 17.1 Å². The van der Waals surface area contributed by atoms with Gasteiger partial charge in [0.15, 0.2) is 9.84 Å². The van der Waals surface area contributed by atoms with E-state index in [9.17, 15) is 8.42 Å². The molecule has 0 amide bonds. The van der Waals surface area contributed by atoms with Crippen molar-refractivity contribution in [3.05, 3.63) is 59.0 Å². The molecule has 0 spiro atoms. The van der Waals surface area contributed by atoms with Crippen molar-refractivity contribution in [1.82, 2.24) is 0 Å². The Hall–Kier alpha value is -3.02. The molecule has 0 heterocycles. The van der Waals surface area contributed by atoms with E-state index in [-0.39, 0.29) is 11.5 Å². The number of anilines is 1. The predicted molar refractivity (Wildman–Crippen MR) is 106 cm³/mol. The van der Waals surface area contributed by atoms with E-state index in [2.05, 4.69) is 10.2 Å². The highest BCUT2D eigenvalue weighted by Crippen LogP contribution is 2.22. The smallest absolute Gasteiger partial charge is 0.185 e. The minimum atomic E-state index is -3.54. The molecule has 0 aliphatic heterocycles. The molecule has 0 unspecified atom stereocenters. The summed E-state index contributed by atoms with van der Waals surface area (Å²) in [6.07, 6.45) is 2.31. The average molecular weight is 384 g/mol. The van der Waals surface area contributed by atoms with Gasteiger partial charge in [-0.3, -0.25) is 0 Å². The summed E-state index contributed by atoms with van der Waals surface area (Å²) in [7, 11) is -1.65. The average Bonchev–Trinajstić information content (AvgIpc) is 2.65. The number of nitrogens with zero attached hydrogens (tertiary/aromatic N) is 4. The van der Waals surface area contributed by atoms with Gasteiger partial charge in [0.2, 0.25) is 0 Å². The van der Waals surface area contributed by atoms with Crippen molar-refractivity contribution in [1.29, 1.82) is 5.26 Å². The van der Waals surface area contributed by atoms with Crippen molar-refractivity contribution < 1.29 is 13.5 Å². The van der Waals surface area contributed by atoms with E-state index in [1.165, 1.54) is 6.08 Å². The molecule has 1 N–H and O–H groups in total.